The lowest BCUT2D eigenvalue weighted by atomic mass is 10.1. The molecule has 2 unspecified atom stereocenters. The summed E-state index contributed by atoms with van der Waals surface area (Å²) >= 11 is 0. The maximum atomic E-state index is 13.0. The van der Waals surface area contributed by atoms with Crippen molar-refractivity contribution < 1.29 is 9.72 Å². The highest BCUT2D eigenvalue weighted by Crippen LogP contribution is 2.29. The van der Waals surface area contributed by atoms with Gasteiger partial charge in [0, 0.05) is 30.9 Å². The number of fused-ring (bicyclic) bond motifs is 2. The van der Waals surface area contributed by atoms with E-state index in [1.807, 2.05) is 4.90 Å². The van der Waals surface area contributed by atoms with Gasteiger partial charge in [0.2, 0.25) is 0 Å². The van der Waals surface area contributed by atoms with E-state index < -0.39 is 4.92 Å². The molecule has 2 fully saturated rings. The van der Waals surface area contributed by atoms with Crippen LogP contribution in [0.1, 0.15) is 29.8 Å². The van der Waals surface area contributed by atoms with Crippen molar-refractivity contribution in [3.8, 4) is 5.69 Å². The first-order valence-electron chi connectivity index (χ1n) is 8.48. The summed E-state index contributed by atoms with van der Waals surface area (Å²) in [6.07, 6.45) is 4.60. The zero-order valence-corrected chi connectivity index (χ0v) is 14.9. The van der Waals surface area contributed by atoms with Crippen LogP contribution in [0.5, 0.6) is 0 Å². The third-order valence-corrected chi connectivity index (χ3v) is 5.02. The number of para-hydroxylation sites is 2. The largest absolute Gasteiger partial charge is 0.330 e. The second-order valence-corrected chi connectivity index (χ2v) is 6.48. The quantitative estimate of drug-likeness (QED) is 0.653. The molecule has 2 aliphatic heterocycles. The summed E-state index contributed by atoms with van der Waals surface area (Å²) in [5.74, 6) is -0.0893. The Morgan fingerprint density at radius 2 is 1.96 bits per heavy atom. The van der Waals surface area contributed by atoms with Crippen LogP contribution in [0.2, 0.25) is 0 Å². The highest BCUT2D eigenvalue weighted by Gasteiger charge is 2.39. The van der Waals surface area contributed by atoms with Crippen molar-refractivity contribution in [1.82, 2.24) is 20.0 Å². The molecule has 2 saturated heterocycles. The van der Waals surface area contributed by atoms with Crippen molar-refractivity contribution in [1.29, 1.82) is 0 Å². The zero-order chi connectivity index (χ0) is 17.4. The maximum Gasteiger partial charge on any atom is 0.294 e. The van der Waals surface area contributed by atoms with Gasteiger partial charge in [0.05, 0.1) is 4.92 Å². The number of halogens is 1. The average molecular weight is 378 g/mol. The van der Waals surface area contributed by atoms with E-state index in [0.29, 0.717) is 11.4 Å². The Morgan fingerprint density at radius 3 is 2.77 bits per heavy atom. The van der Waals surface area contributed by atoms with E-state index in [1.54, 1.807) is 30.5 Å². The fourth-order valence-electron chi connectivity index (χ4n) is 3.83. The Bertz CT molecular complexity index is 810. The van der Waals surface area contributed by atoms with E-state index in [4.69, 9.17) is 0 Å². The third-order valence-electron chi connectivity index (χ3n) is 5.02. The lowest BCUT2D eigenvalue weighted by Crippen LogP contribution is -2.42. The number of carbonyl (C=O) groups is 1. The van der Waals surface area contributed by atoms with E-state index in [-0.39, 0.29) is 36.1 Å². The Hall–Kier alpha value is -2.45. The molecule has 4 rings (SSSR count). The van der Waals surface area contributed by atoms with Crippen molar-refractivity contribution in [2.75, 3.05) is 13.1 Å². The summed E-state index contributed by atoms with van der Waals surface area (Å²) in [5.41, 5.74) is 0.646. The van der Waals surface area contributed by atoms with Crippen molar-refractivity contribution in [2.45, 2.75) is 31.3 Å². The van der Waals surface area contributed by atoms with Gasteiger partial charge in [-0.2, -0.15) is 5.10 Å². The van der Waals surface area contributed by atoms with Crippen LogP contribution in [0.15, 0.2) is 36.5 Å². The Kier molecular flexibility index (Phi) is 5.24. The number of carbonyl (C=O) groups excluding carboxylic acids is 1. The number of benzene rings is 1. The molecule has 2 aromatic rings. The second-order valence-electron chi connectivity index (χ2n) is 6.48. The molecule has 2 bridgehead atoms. The van der Waals surface area contributed by atoms with Crippen LogP contribution in [-0.2, 0) is 0 Å². The van der Waals surface area contributed by atoms with Crippen molar-refractivity contribution >= 4 is 24.0 Å². The minimum absolute atomic E-state index is 0. The predicted molar refractivity (Wildman–Crippen MR) is 97.9 cm³/mol. The van der Waals surface area contributed by atoms with Gasteiger partial charge in [-0.1, -0.05) is 12.1 Å². The number of rotatable bonds is 3. The molecule has 2 aliphatic rings. The summed E-state index contributed by atoms with van der Waals surface area (Å²) < 4.78 is 1.41. The highest BCUT2D eigenvalue weighted by molar-refractivity contribution is 5.93. The number of nitrogens with one attached hydrogen (secondary N) is 1. The molecule has 1 aromatic heterocycles. The molecule has 26 heavy (non-hydrogen) atoms. The van der Waals surface area contributed by atoms with Crippen LogP contribution in [0, 0.1) is 10.1 Å². The first kappa shape index (κ1) is 18.3. The monoisotopic (exact) mass is 377 g/mol. The molecular weight excluding hydrogens is 358 g/mol. The van der Waals surface area contributed by atoms with Crippen LogP contribution in [0.3, 0.4) is 0 Å². The Balaban J connectivity index is 0.00000196. The molecule has 0 spiro atoms. The van der Waals surface area contributed by atoms with Crippen molar-refractivity contribution in [3.05, 3.63) is 52.3 Å². The van der Waals surface area contributed by atoms with Gasteiger partial charge in [0.15, 0.2) is 5.69 Å². The molecule has 0 radical (unpaired) electrons. The lowest BCUT2D eigenvalue weighted by molar-refractivity contribution is -0.384. The third kappa shape index (κ3) is 3.17. The lowest BCUT2D eigenvalue weighted by Gasteiger charge is -2.27. The van der Waals surface area contributed by atoms with Gasteiger partial charge in [-0.15, -0.1) is 12.4 Å². The van der Waals surface area contributed by atoms with Crippen LogP contribution in [-0.4, -0.2) is 50.7 Å². The Morgan fingerprint density at radius 1 is 1.19 bits per heavy atom. The average Bonchev–Trinajstić information content (AvgIpc) is 3.18. The molecule has 1 amide bonds. The maximum absolute atomic E-state index is 13.0. The first-order chi connectivity index (χ1) is 12.1. The van der Waals surface area contributed by atoms with E-state index >= 15 is 0 Å². The van der Waals surface area contributed by atoms with Gasteiger partial charge in [0.25, 0.3) is 11.6 Å². The molecule has 138 valence electrons. The minimum atomic E-state index is -0.445. The normalized spacial score (nSPS) is 21.8. The standard InChI is InChI=1S/C17H19N5O3.ClH/c23-17(21-12-5-6-13(21)11-18-9-7-12)14-8-10-20(19-14)15-3-1-2-4-16(15)22(24)25;/h1-4,8,10,12-13,18H,5-7,9,11H2;1H. The Labute approximate surface area is 156 Å². The zero-order valence-electron chi connectivity index (χ0n) is 14.1. The number of hydrogen-bond acceptors (Lipinski definition) is 5. The van der Waals surface area contributed by atoms with E-state index in [9.17, 15) is 14.9 Å². The highest BCUT2D eigenvalue weighted by atomic mass is 35.5. The summed E-state index contributed by atoms with van der Waals surface area (Å²) in [5, 5.41) is 18.9. The molecular formula is C17H20ClN5O3. The minimum Gasteiger partial charge on any atom is -0.330 e. The van der Waals surface area contributed by atoms with E-state index in [2.05, 4.69) is 10.4 Å². The van der Waals surface area contributed by atoms with E-state index in [1.165, 1.54) is 10.7 Å². The number of nitrogens with zero attached hydrogens (tertiary/aromatic N) is 4. The molecule has 1 aromatic carbocycles. The molecule has 9 heteroatoms. The fraction of sp³-hybridized carbons (Fsp3) is 0.412. The molecule has 0 saturated carbocycles. The van der Waals surface area contributed by atoms with Gasteiger partial charge in [-0.25, -0.2) is 4.68 Å². The van der Waals surface area contributed by atoms with Crippen LogP contribution in [0.25, 0.3) is 5.69 Å². The first-order valence-corrected chi connectivity index (χ1v) is 8.48. The van der Waals surface area contributed by atoms with Gasteiger partial charge < -0.3 is 10.2 Å². The summed E-state index contributed by atoms with van der Waals surface area (Å²) in [6, 6.07) is 8.47. The number of amides is 1. The van der Waals surface area contributed by atoms with Gasteiger partial charge in [0.1, 0.15) is 5.69 Å². The number of aromatic nitrogens is 2. The number of hydrogen-bond donors (Lipinski definition) is 1. The summed E-state index contributed by atoms with van der Waals surface area (Å²) in [4.78, 5) is 25.7. The smallest absolute Gasteiger partial charge is 0.294 e. The van der Waals surface area contributed by atoms with Gasteiger partial charge in [-0.05, 0) is 37.9 Å². The molecule has 2 atom stereocenters. The van der Waals surface area contributed by atoms with Gasteiger partial charge >= 0.3 is 0 Å². The molecule has 8 nitrogen and oxygen atoms in total. The van der Waals surface area contributed by atoms with Gasteiger partial charge in [-0.3, -0.25) is 14.9 Å². The fourth-order valence-corrected chi connectivity index (χ4v) is 3.83. The van der Waals surface area contributed by atoms with Crippen LogP contribution < -0.4 is 5.32 Å². The number of nitro groups is 1. The summed E-state index contributed by atoms with van der Waals surface area (Å²) in [7, 11) is 0. The molecule has 3 heterocycles. The predicted octanol–water partition coefficient (Wildman–Crippen LogP) is 2.17. The molecule has 0 aliphatic carbocycles. The SMILES string of the molecule is Cl.O=C(c1ccn(-c2ccccc2[N+](=O)[O-])n1)N1C2CCNCC1CC2. The summed E-state index contributed by atoms with van der Waals surface area (Å²) in [6.45, 7) is 1.74. The second kappa shape index (κ2) is 7.43. The topological polar surface area (TPSA) is 93.3 Å². The van der Waals surface area contributed by atoms with Crippen LogP contribution >= 0.6 is 12.4 Å². The van der Waals surface area contributed by atoms with Crippen molar-refractivity contribution in [3.63, 3.8) is 0 Å². The van der Waals surface area contributed by atoms with Crippen molar-refractivity contribution in [2.24, 2.45) is 0 Å². The molecule has 1 N–H and O–H groups in total. The van der Waals surface area contributed by atoms with E-state index in [0.717, 1.165) is 32.4 Å². The number of nitro benzene ring substituents is 1. The van der Waals surface area contributed by atoms with Crippen LogP contribution in [0.4, 0.5) is 5.69 Å².